The van der Waals surface area contributed by atoms with Crippen molar-refractivity contribution >= 4 is 5.82 Å². The number of nitrogens with one attached hydrogen (secondary N) is 1. The highest BCUT2D eigenvalue weighted by Gasteiger charge is 2.01. The second-order valence-electron chi connectivity index (χ2n) is 5.00. The third-order valence-electron chi connectivity index (χ3n) is 3.47. The number of rotatable bonds is 4. The Bertz CT molecular complexity index is 734. The minimum absolute atomic E-state index is 0.738. The van der Waals surface area contributed by atoms with Crippen molar-refractivity contribution < 1.29 is 0 Å². The van der Waals surface area contributed by atoms with Crippen molar-refractivity contribution in [2.24, 2.45) is 0 Å². The van der Waals surface area contributed by atoms with Gasteiger partial charge in [-0.15, -0.1) is 0 Å². The van der Waals surface area contributed by atoms with Gasteiger partial charge in [0, 0.05) is 25.0 Å². The lowest BCUT2D eigenvalue weighted by atomic mass is 10.1. The van der Waals surface area contributed by atoms with Gasteiger partial charge >= 0.3 is 0 Å². The number of hydrogen-bond donors (Lipinski definition) is 1. The number of aryl methyl sites for hydroxylation is 2. The van der Waals surface area contributed by atoms with Crippen molar-refractivity contribution in [3.63, 3.8) is 0 Å². The van der Waals surface area contributed by atoms with Gasteiger partial charge in [-0.1, -0.05) is 18.2 Å². The molecule has 0 aliphatic carbocycles. The van der Waals surface area contributed by atoms with Crippen LogP contribution < -0.4 is 5.32 Å². The normalized spacial score (nSPS) is 10.6. The molecule has 21 heavy (non-hydrogen) atoms. The number of nitrogens with zero attached hydrogens (tertiary/aromatic N) is 4. The summed E-state index contributed by atoms with van der Waals surface area (Å²) in [6.45, 7) is 4.98. The third-order valence-corrected chi connectivity index (χ3v) is 3.47. The molecule has 0 saturated heterocycles. The van der Waals surface area contributed by atoms with Gasteiger partial charge in [-0.3, -0.25) is 4.57 Å². The van der Waals surface area contributed by atoms with E-state index in [4.69, 9.17) is 0 Å². The first-order valence-corrected chi connectivity index (χ1v) is 6.83. The Balaban J connectivity index is 1.73. The molecule has 0 amide bonds. The molecular weight excluding hydrogens is 262 g/mol. The molecule has 5 nitrogen and oxygen atoms in total. The molecule has 5 heteroatoms. The van der Waals surface area contributed by atoms with Crippen LogP contribution in [-0.4, -0.2) is 19.5 Å². The summed E-state index contributed by atoms with van der Waals surface area (Å²) in [5.74, 6) is 1.59. The van der Waals surface area contributed by atoms with Crippen molar-refractivity contribution in [2.45, 2.75) is 20.4 Å². The predicted octanol–water partition coefficient (Wildman–Crippen LogP) is 2.89. The summed E-state index contributed by atoms with van der Waals surface area (Å²) in [7, 11) is 0. The Morgan fingerprint density at radius 2 is 2.00 bits per heavy atom. The van der Waals surface area contributed by atoms with Gasteiger partial charge in [0.1, 0.15) is 24.3 Å². The van der Waals surface area contributed by atoms with Crippen LogP contribution in [0.5, 0.6) is 0 Å². The molecule has 3 rings (SSSR count). The summed E-state index contributed by atoms with van der Waals surface area (Å²) < 4.78 is 1.85. The Morgan fingerprint density at radius 1 is 1.10 bits per heavy atom. The van der Waals surface area contributed by atoms with Crippen LogP contribution in [0.1, 0.15) is 16.7 Å². The number of hydrogen-bond acceptors (Lipinski definition) is 4. The number of anilines is 1. The highest BCUT2D eigenvalue weighted by molar-refractivity contribution is 5.41. The maximum Gasteiger partial charge on any atom is 0.143 e. The lowest BCUT2D eigenvalue weighted by Gasteiger charge is -2.09. The van der Waals surface area contributed by atoms with Gasteiger partial charge in [0.25, 0.3) is 0 Å². The highest BCUT2D eigenvalue weighted by atomic mass is 15.1. The first-order valence-electron chi connectivity index (χ1n) is 6.83. The van der Waals surface area contributed by atoms with Crippen LogP contribution in [0.2, 0.25) is 0 Å². The smallest absolute Gasteiger partial charge is 0.143 e. The zero-order valence-electron chi connectivity index (χ0n) is 12.1. The Kier molecular flexibility index (Phi) is 3.64. The Morgan fingerprint density at radius 3 is 2.76 bits per heavy atom. The van der Waals surface area contributed by atoms with Crippen LogP contribution >= 0.6 is 0 Å². The van der Waals surface area contributed by atoms with Gasteiger partial charge in [0.15, 0.2) is 0 Å². The Hall–Kier alpha value is -2.69. The lowest BCUT2D eigenvalue weighted by Crippen LogP contribution is -2.04. The van der Waals surface area contributed by atoms with Crippen LogP contribution in [0.15, 0.2) is 49.3 Å². The predicted molar refractivity (Wildman–Crippen MR) is 82.4 cm³/mol. The van der Waals surface area contributed by atoms with Crippen LogP contribution in [0.25, 0.3) is 5.82 Å². The molecule has 0 atom stereocenters. The summed E-state index contributed by atoms with van der Waals surface area (Å²) in [5.41, 5.74) is 3.85. The van der Waals surface area contributed by atoms with E-state index in [-0.39, 0.29) is 0 Å². The minimum Gasteiger partial charge on any atom is -0.366 e. The summed E-state index contributed by atoms with van der Waals surface area (Å²) >= 11 is 0. The fraction of sp³-hybridized carbons (Fsp3) is 0.188. The van der Waals surface area contributed by atoms with Crippen LogP contribution in [-0.2, 0) is 6.54 Å². The van der Waals surface area contributed by atoms with E-state index in [1.807, 2.05) is 16.8 Å². The average Bonchev–Trinajstić information content (AvgIpc) is 3.03. The van der Waals surface area contributed by atoms with Gasteiger partial charge in [-0.2, -0.15) is 0 Å². The quantitative estimate of drug-likeness (QED) is 0.798. The molecule has 0 unspecified atom stereocenters. The molecule has 0 saturated carbocycles. The average molecular weight is 279 g/mol. The first kappa shape index (κ1) is 13.3. The number of benzene rings is 1. The largest absolute Gasteiger partial charge is 0.366 e. The summed E-state index contributed by atoms with van der Waals surface area (Å²) in [4.78, 5) is 12.5. The van der Waals surface area contributed by atoms with E-state index in [1.165, 1.54) is 16.7 Å². The highest BCUT2D eigenvalue weighted by Crippen LogP contribution is 2.13. The van der Waals surface area contributed by atoms with Crippen molar-refractivity contribution in [3.8, 4) is 5.82 Å². The van der Waals surface area contributed by atoms with Gasteiger partial charge < -0.3 is 5.32 Å². The van der Waals surface area contributed by atoms with E-state index in [0.29, 0.717) is 0 Å². The fourth-order valence-corrected chi connectivity index (χ4v) is 2.09. The van der Waals surface area contributed by atoms with Gasteiger partial charge in [0.2, 0.25) is 0 Å². The molecule has 3 aromatic rings. The fourth-order valence-electron chi connectivity index (χ4n) is 2.09. The summed E-state index contributed by atoms with van der Waals surface area (Å²) in [5, 5.41) is 3.33. The summed E-state index contributed by atoms with van der Waals surface area (Å²) in [6, 6.07) is 8.37. The molecule has 1 N–H and O–H groups in total. The molecule has 2 aromatic heterocycles. The Labute approximate surface area is 123 Å². The maximum atomic E-state index is 4.25. The number of imidazole rings is 1. The topological polar surface area (TPSA) is 55.6 Å². The van der Waals surface area contributed by atoms with Crippen LogP contribution in [0.4, 0.5) is 5.82 Å². The molecule has 0 aliphatic heterocycles. The number of aromatic nitrogens is 4. The van der Waals surface area contributed by atoms with Crippen molar-refractivity contribution in [1.82, 2.24) is 19.5 Å². The maximum absolute atomic E-state index is 4.25. The molecule has 2 heterocycles. The van der Waals surface area contributed by atoms with Crippen molar-refractivity contribution in [1.29, 1.82) is 0 Å². The molecule has 106 valence electrons. The van der Waals surface area contributed by atoms with Gasteiger partial charge in [-0.25, -0.2) is 15.0 Å². The van der Waals surface area contributed by atoms with E-state index in [9.17, 15) is 0 Å². The van der Waals surface area contributed by atoms with Crippen molar-refractivity contribution in [3.05, 3.63) is 66.0 Å². The van der Waals surface area contributed by atoms with E-state index < -0.39 is 0 Å². The molecule has 0 radical (unpaired) electrons. The molecule has 0 fully saturated rings. The van der Waals surface area contributed by atoms with Crippen LogP contribution in [0, 0.1) is 13.8 Å². The standard InChI is InChI=1S/C16H17N5/c1-12-3-4-14(7-13(12)2)9-18-15-8-16(20-10-19-15)21-6-5-17-11-21/h3-8,10-11H,9H2,1-2H3,(H,18,19,20). The molecule has 0 aliphatic rings. The zero-order valence-corrected chi connectivity index (χ0v) is 12.1. The van der Waals surface area contributed by atoms with Crippen molar-refractivity contribution in [2.75, 3.05) is 5.32 Å². The van der Waals surface area contributed by atoms with Gasteiger partial charge in [-0.05, 0) is 30.5 Å². The summed E-state index contributed by atoms with van der Waals surface area (Å²) in [6.07, 6.45) is 6.85. The first-order chi connectivity index (χ1) is 10.2. The third kappa shape index (κ3) is 3.08. The lowest BCUT2D eigenvalue weighted by molar-refractivity contribution is 0.964. The second-order valence-corrected chi connectivity index (χ2v) is 5.00. The minimum atomic E-state index is 0.738. The van der Waals surface area contributed by atoms with E-state index >= 15 is 0 Å². The molecule has 0 spiro atoms. The van der Waals surface area contributed by atoms with Crippen LogP contribution in [0.3, 0.4) is 0 Å². The molecular formula is C16H17N5. The van der Waals surface area contributed by atoms with E-state index in [0.717, 1.165) is 18.2 Å². The van der Waals surface area contributed by atoms with Gasteiger partial charge in [0.05, 0.1) is 0 Å². The van der Waals surface area contributed by atoms with E-state index in [1.54, 1.807) is 18.9 Å². The molecule has 1 aromatic carbocycles. The second kappa shape index (κ2) is 5.75. The SMILES string of the molecule is Cc1ccc(CNc2cc(-n3ccnc3)ncn2)cc1C. The monoisotopic (exact) mass is 279 g/mol. The zero-order chi connectivity index (χ0) is 14.7. The van der Waals surface area contributed by atoms with E-state index in [2.05, 4.69) is 52.3 Å². The molecule has 0 bridgehead atoms.